The first-order chi connectivity index (χ1) is 13.9. The van der Waals surface area contributed by atoms with Crippen LogP contribution in [-0.4, -0.2) is 30.3 Å². The lowest BCUT2D eigenvalue weighted by Crippen LogP contribution is -2.08. The van der Waals surface area contributed by atoms with E-state index in [1.165, 1.54) is 12.1 Å². The van der Waals surface area contributed by atoms with E-state index in [4.69, 9.17) is 5.21 Å². The van der Waals surface area contributed by atoms with Gasteiger partial charge in [0, 0.05) is 11.8 Å². The van der Waals surface area contributed by atoms with Crippen LogP contribution in [0.15, 0.2) is 66.1 Å². The van der Waals surface area contributed by atoms with Gasteiger partial charge in [-0.1, -0.05) is 17.3 Å². The van der Waals surface area contributed by atoms with E-state index in [9.17, 15) is 13.2 Å². The number of pyridine rings is 3. The summed E-state index contributed by atoms with van der Waals surface area (Å²) in [7, 11) is 0. The first-order valence-corrected chi connectivity index (χ1v) is 8.55. The lowest BCUT2D eigenvalue weighted by Gasteiger charge is -2.08. The zero-order valence-electron chi connectivity index (χ0n) is 15.1. The zero-order valence-corrected chi connectivity index (χ0v) is 15.1. The maximum absolute atomic E-state index is 13.0. The van der Waals surface area contributed by atoms with E-state index < -0.39 is 11.9 Å². The topological polar surface area (TPSA) is 75.7 Å². The first-order valence-electron chi connectivity index (χ1n) is 8.55. The maximum atomic E-state index is 13.0. The molecule has 4 heterocycles. The number of hydrogen-bond donors (Lipinski definition) is 1. The monoisotopic (exact) mass is 397 g/mol. The molecule has 0 aliphatic rings. The van der Waals surface area contributed by atoms with Crippen LogP contribution in [-0.2, 0) is 6.18 Å². The molecule has 0 bridgehead atoms. The quantitative estimate of drug-likeness (QED) is 0.310. The van der Waals surface area contributed by atoms with Crippen LogP contribution in [0.25, 0.3) is 28.3 Å². The lowest BCUT2D eigenvalue weighted by atomic mass is 10.1. The van der Waals surface area contributed by atoms with Crippen molar-refractivity contribution in [2.75, 3.05) is 0 Å². The average molecular weight is 397 g/mol. The third kappa shape index (κ3) is 3.54. The van der Waals surface area contributed by atoms with Gasteiger partial charge in [-0.2, -0.15) is 13.2 Å². The molecule has 29 heavy (non-hydrogen) atoms. The number of imidazole rings is 1. The fourth-order valence-electron chi connectivity index (χ4n) is 2.90. The number of fused-ring (bicyclic) bond motifs is 1. The van der Waals surface area contributed by atoms with Gasteiger partial charge < -0.3 is 5.21 Å². The SMILES string of the molecule is C/C(=N\O)c1cccc(-c2ccc3cnc(-c4cccc(C(F)(F)F)n4)n3c2)n1. The normalized spacial score (nSPS) is 12.5. The average Bonchev–Trinajstić information content (AvgIpc) is 3.16. The molecule has 0 saturated heterocycles. The van der Waals surface area contributed by atoms with Crippen LogP contribution in [0.5, 0.6) is 0 Å². The van der Waals surface area contributed by atoms with Crippen LogP contribution >= 0.6 is 0 Å². The van der Waals surface area contributed by atoms with Gasteiger partial charge in [0.25, 0.3) is 0 Å². The Balaban J connectivity index is 1.82. The summed E-state index contributed by atoms with van der Waals surface area (Å²) >= 11 is 0. The van der Waals surface area contributed by atoms with E-state index in [0.717, 1.165) is 11.6 Å². The van der Waals surface area contributed by atoms with E-state index >= 15 is 0 Å². The van der Waals surface area contributed by atoms with Crippen LogP contribution in [0.3, 0.4) is 0 Å². The van der Waals surface area contributed by atoms with Gasteiger partial charge in [-0.15, -0.1) is 0 Å². The summed E-state index contributed by atoms with van der Waals surface area (Å²) in [5.74, 6) is 0.289. The van der Waals surface area contributed by atoms with Gasteiger partial charge in [0.1, 0.15) is 17.1 Å². The van der Waals surface area contributed by atoms with Gasteiger partial charge >= 0.3 is 6.18 Å². The fraction of sp³-hybridized carbons (Fsp3) is 0.100. The Morgan fingerprint density at radius 2 is 1.76 bits per heavy atom. The molecule has 0 radical (unpaired) electrons. The Labute approximate surface area is 163 Å². The molecule has 0 aliphatic heterocycles. The number of alkyl halides is 3. The number of oxime groups is 1. The van der Waals surface area contributed by atoms with Gasteiger partial charge in [0.2, 0.25) is 0 Å². The number of halogens is 3. The molecule has 0 fully saturated rings. The summed E-state index contributed by atoms with van der Waals surface area (Å²) in [5.41, 5.74) is 2.05. The molecular weight excluding hydrogens is 383 g/mol. The highest BCUT2D eigenvalue weighted by atomic mass is 19.4. The van der Waals surface area contributed by atoms with E-state index in [1.807, 2.05) is 6.07 Å². The predicted octanol–water partition coefficient (Wildman–Crippen LogP) is 4.68. The zero-order chi connectivity index (χ0) is 20.6. The third-order valence-electron chi connectivity index (χ3n) is 4.36. The maximum Gasteiger partial charge on any atom is 0.433 e. The van der Waals surface area contributed by atoms with Crippen LogP contribution in [0.1, 0.15) is 18.3 Å². The first kappa shape index (κ1) is 18.6. The minimum absolute atomic E-state index is 0.113. The number of hydrogen-bond acceptors (Lipinski definition) is 5. The summed E-state index contributed by atoms with van der Waals surface area (Å²) in [6.07, 6.45) is -1.24. The number of aromatic nitrogens is 4. The van der Waals surface area contributed by atoms with E-state index in [2.05, 4.69) is 20.1 Å². The van der Waals surface area contributed by atoms with Crippen LogP contribution in [0.2, 0.25) is 0 Å². The standard InChI is InChI=1S/C20H14F3N5O/c1-12(27-29)15-4-2-5-16(25-15)13-8-9-14-10-24-19(28(14)11-13)17-6-3-7-18(26-17)20(21,22)23/h2-11,29H,1H3/b27-12+. The van der Waals surface area contributed by atoms with Crippen molar-refractivity contribution in [3.05, 3.63) is 72.3 Å². The number of nitrogens with zero attached hydrogens (tertiary/aromatic N) is 5. The van der Waals surface area contributed by atoms with Crippen molar-refractivity contribution >= 4 is 11.2 Å². The lowest BCUT2D eigenvalue weighted by molar-refractivity contribution is -0.141. The van der Waals surface area contributed by atoms with Gasteiger partial charge in [-0.25, -0.2) is 15.0 Å². The molecule has 0 saturated carbocycles. The second kappa shape index (κ2) is 7.01. The van der Waals surface area contributed by atoms with Crippen LogP contribution in [0, 0.1) is 0 Å². The van der Waals surface area contributed by atoms with Gasteiger partial charge in [0.05, 0.1) is 23.1 Å². The minimum Gasteiger partial charge on any atom is -0.411 e. The van der Waals surface area contributed by atoms with Crippen molar-refractivity contribution in [3.8, 4) is 22.8 Å². The van der Waals surface area contributed by atoms with Crippen molar-refractivity contribution in [2.24, 2.45) is 5.16 Å². The minimum atomic E-state index is -4.54. The van der Waals surface area contributed by atoms with Crippen LogP contribution < -0.4 is 0 Å². The van der Waals surface area contributed by atoms with Crippen LogP contribution in [0.4, 0.5) is 13.2 Å². The molecule has 0 unspecified atom stereocenters. The summed E-state index contributed by atoms with van der Waals surface area (Å²) in [6.45, 7) is 1.63. The molecule has 4 aromatic heterocycles. The van der Waals surface area contributed by atoms with E-state index in [1.54, 1.807) is 48.0 Å². The molecule has 9 heteroatoms. The molecule has 4 aromatic rings. The Bertz CT molecular complexity index is 1230. The molecule has 0 amide bonds. The summed E-state index contributed by atoms with van der Waals surface area (Å²) in [5, 5.41) is 12.1. The summed E-state index contributed by atoms with van der Waals surface area (Å²) in [6, 6.07) is 12.6. The third-order valence-corrected chi connectivity index (χ3v) is 4.36. The molecule has 0 aromatic carbocycles. The van der Waals surface area contributed by atoms with Crippen molar-refractivity contribution in [1.82, 2.24) is 19.4 Å². The highest BCUT2D eigenvalue weighted by Crippen LogP contribution is 2.30. The molecular formula is C20H14F3N5O. The van der Waals surface area contributed by atoms with Gasteiger partial charge in [-0.3, -0.25) is 4.40 Å². The largest absolute Gasteiger partial charge is 0.433 e. The van der Waals surface area contributed by atoms with E-state index in [0.29, 0.717) is 22.6 Å². The Hall–Kier alpha value is -3.75. The highest BCUT2D eigenvalue weighted by Gasteiger charge is 2.32. The molecule has 1 N–H and O–H groups in total. The van der Waals surface area contributed by atoms with Gasteiger partial charge in [-0.05, 0) is 43.3 Å². The Morgan fingerprint density at radius 3 is 2.52 bits per heavy atom. The van der Waals surface area contributed by atoms with Crippen molar-refractivity contribution in [2.45, 2.75) is 13.1 Å². The van der Waals surface area contributed by atoms with Gasteiger partial charge in [0.15, 0.2) is 5.82 Å². The molecule has 0 aliphatic carbocycles. The predicted molar refractivity (Wildman–Crippen MR) is 101 cm³/mol. The second-order valence-corrected chi connectivity index (χ2v) is 6.29. The summed E-state index contributed by atoms with van der Waals surface area (Å²) < 4.78 is 40.7. The molecule has 0 spiro atoms. The highest BCUT2D eigenvalue weighted by molar-refractivity contribution is 5.96. The smallest absolute Gasteiger partial charge is 0.411 e. The Morgan fingerprint density at radius 1 is 1.00 bits per heavy atom. The Kier molecular flexibility index (Phi) is 4.50. The number of rotatable bonds is 3. The fourth-order valence-corrected chi connectivity index (χ4v) is 2.90. The molecule has 0 atom stereocenters. The molecule has 146 valence electrons. The van der Waals surface area contributed by atoms with E-state index in [-0.39, 0.29) is 11.5 Å². The van der Waals surface area contributed by atoms with Crippen molar-refractivity contribution < 1.29 is 18.4 Å². The molecule has 6 nitrogen and oxygen atoms in total. The molecule has 4 rings (SSSR count). The summed E-state index contributed by atoms with van der Waals surface area (Å²) in [4.78, 5) is 12.4. The second-order valence-electron chi connectivity index (χ2n) is 6.29. The van der Waals surface area contributed by atoms with Crippen molar-refractivity contribution in [1.29, 1.82) is 0 Å². The van der Waals surface area contributed by atoms with Crippen molar-refractivity contribution in [3.63, 3.8) is 0 Å².